The van der Waals surface area contributed by atoms with E-state index in [1.165, 1.54) is 0 Å². The van der Waals surface area contributed by atoms with Crippen LogP contribution in [-0.4, -0.2) is 18.9 Å². The van der Waals surface area contributed by atoms with Crippen LogP contribution >= 0.6 is 11.6 Å². The van der Waals surface area contributed by atoms with Crippen LogP contribution in [0.3, 0.4) is 0 Å². The standard InChI is InChI=1S/C21H17ClN2O3/c1-27-17-6-4-5-16(13-17)23-20(25)14-9-11-15(12-10-14)21(26)24-19-8-3-2-7-18(19)22/h2-13H,1H3,(H,23,25)(H,24,26). The average molecular weight is 381 g/mol. The van der Waals surface area contributed by atoms with Gasteiger partial charge < -0.3 is 15.4 Å². The van der Waals surface area contributed by atoms with Gasteiger partial charge in [0.05, 0.1) is 17.8 Å². The third-order valence-electron chi connectivity index (χ3n) is 3.86. The van der Waals surface area contributed by atoms with Crippen LogP contribution in [0.2, 0.25) is 5.02 Å². The SMILES string of the molecule is COc1cccc(NC(=O)c2ccc(C(=O)Nc3ccccc3Cl)cc2)c1. The lowest BCUT2D eigenvalue weighted by Gasteiger charge is -2.09. The quantitative estimate of drug-likeness (QED) is 0.664. The Labute approximate surface area is 161 Å². The highest BCUT2D eigenvalue weighted by atomic mass is 35.5. The normalized spacial score (nSPS) is 10.1. The lowest BCUT2D eigenvalue weighted by atomic mass is 10.1. The topological polar surface area (TPSA) is 67.4 Å². The van der Waals surface area contributed by atoms with Gasteiger partial charge in [0.1, 0.15) is 5.75 Å². The molecular weight excluding hydrogens is 364 g/mol. The van der Waals surface area contributed by atoms with Crippen molar-refractivity contribution in [1.82, 2.24) is 0 Å². The number of nitrogens with one attached hydrogen (secondary N) is 2. The Bertz CT molecular complexity index is 971. The number of rotatable bonds is 5. The number of para-hydroxylation sites is 1. The highest BCUT2D eigenvalue weighted by molar-refractivity contribution is 6.33. The molecule has 5 nitrogen and oxygen atoms in total. The average Bonchev–Trinajstić information content (AvgIpc) is 2.70. The van der Waals surface area contributed by atoms with Gasteiger partial charge in [-0.2, -0.15) is 0 Å². The predicted octanol–water partition coefficient (Wildman–Crippen LogP) is 4.85. The zero-order valence-electron chi connectivity index (χ0n) is 14.5. The minimum atomic E-state index is -0.303. The fourth-order valence-electron chi connectivity index (χ4n) is 2.43. The molecule has 0 aliphatic heterocycles. The molecule has 0 heterocycles. The molecule has 3 aromatic rings. The summed E-state index contributed by atoms with van der Waals surface area (Å²) in [4.78, 5) is 24.7. The van der Waals surface area contributed by atoms with Crippen LogP contribution in [0.25, 0.3) is 0 Å². The van der Waals surface area contributed by atoms with E-state index in [0.29, 0.717) is 33.3 Å². The molecule has 3 rings (SSSR count). The molecule has 2 N–H and O–H groups in total. The summed E-state index contributed by atoms with van der Waals surface area (Å²) in [5, 5.41) is 5.99. The van der Waals surface area contributed by atoms with E-state index in [4.69, 9.17) is 16.3 Å². The Morgan fingerprint density at radius 3 is 2.07 bits per heavy atom. The monoisotopic (exact) mass is 380 g/mol. The van der Waals surface area contributed by atoms with Crippen LogP contribution in [0.5, 0.6) is 5.75 Å². The number of amides is 2. The van der Waals surface area contributed by atoms with Gasteiger partial charge in [-0.1, -0.05) is 29.8 Å². The van der Waals surface area contributed by atoms with Crippen LogP contribution in [-0.2, 0) is 0 Å². The van der Waals surface area contributed by atoms with Crippen molar-refractivity contribution in [3.63, 3.8) is 0 Å². The second-order valence-corrected chi connectivity index (χ2v) is 6.10. The Kier molecular flexibility index (Phi) is 5.74. The molecule has 0 aliphatic carbocycles. The largest absolute Gasteiger partial charge is 0.497 e. The van der Waals surface area contributed by atoms with Gasteiger partial charge in [0.15, 0.2) is 0 Å². The fraction of sp³-hybridized carbons (Fsp3) is 0.0476. The number of halogens is 1. The van der Waals surface area contributed by atoms with Crippen LogP contribution in [0.4, 0.5) is 11.4 Å². The van der Waals surface area contributed by atoms with Crippen LogP contribution in [0.15, 0.2) is 72.8 Å². The molecule has 0 radical (unpaired) electrons. The molecule has 2 amide bonds. The third kappa shape index (κ3) is 4.65. The Hall–Kier alpha value is -3.31. The molecule has 0 saturated heterocycles. The van der Waals surface area contributed by atoms with Crippen molar-refractivity contribution >= 4 is 34.8 Å². The maximum absolute atomic E-state index is 12.4. The zero-order chi connectivity index (χ0) is 19.2. The highest BCUT2D eigenvalue weighted by Gasteiger charge is 2.11. The lowest BCUT2D eigenvalue weighted by molar-refractivity contribution is 0.101. The molecule has 0 atom stereocenters. The van der Waals surface area contributed by atoms with Gasteiger partial charge in [-0.05, 0) is 48.5 Å². The second-order valence-electron chi connectivity index (χ2n) is 5.70. The molecule has 136 valence electrons. The first-order valence-electron chi connectivity index (χ1n) is 8.18. The molecule has 0 spiro atoms. The second kappa shape index (κ2) is 8.38. The van der Waals surface area contributed by atoms with Crippen LogP contribution < -0.4 is 15.4 Å². The predicted molar refractivity (Wildman–Crippen MR) is 107 cm³/mol. The molecule has 0 saturated carbocycles. The zero-order valence-corrected chi connectivity index (χ0v) is 15.3. The van der Waals surface area contributed by atoms with Crippen LogP contribution in [0, 0.1) is 0 Å². The number of carbonyl (C=O) groups excluding carboxylic acids is 2. The Balaban J connectivity index is 1.68. The first-order valence-corrected chi connectivity index (χ1v) is 8.56. The summed E-state index contributed by atoms with van der Waals surface area (Å²) >= 11 is 6.04. The molecule has 27 heavy (non-hydrogen) atoms. The minimum absolute atomic E-state index is 0.277. The van der Waals surface area contributed by atoms with E-state index < -0.39 is 0 Å². The van der Waals surface area contributed by atoms with Crippen molar-refractivity contribution < 1.29 is 14.3 Å². The maximum Gasteiger partial charge on any atom is 0.255 e. The Morgan fingerprint density at radius 1 is 0.815 bits per heavy atom. The molecule has 0 bridgehead atoms. The van der Waals surface area contributed by atoms with Crippen molar-refractivity contribution in [1.29, 1.82) is 0 Å². The molecule has 0 fully saturated rings. The molecule has 0 unspecified atom stereocenters. The van der Waals surface area contributed by atoms with Crippen molar-refractivity contribution in [2.24, 2.45) is 0 Å². The first kappa shape index (κ1) is 18.5. The molecule has 3 aromatic carbocycles. The molecule has 0 aromatic heterocycles. The summed E-state index contributed by atoms with van der Waals surface area (Å²) in [5.41, 5.74) is 2.02. The van der Waals surface area contributed by atoms with Gasteiger partial charge >= 0.3 is 0 Å². The van der Waals surface area contributed by atoms with E-state index in [1.807, 2.05) is 0 Å². The lowest BCUT2D eigenvalue weighted by Crippen LogP contribution is -2.14. The molecular formula is C21H17ClN2O3. The van der Waals surface area contributed by atoms with E-state index in [9.17, 15) is 9.59 Å². The van der Waals surface area contributed by atoms with Gasteiger partial charge in [-0.25, -0.2) is 0 Å². The number of benzene rings is 3. The summed E-state index contributed by atoms with van der Waals surface area (Å²) in [6.07, 6.45) is 0. The van der Waals surface area contributed by atoms with Gasteiger partial charge in [0.2, 0.25) is 0 Å². The summed E-state index contributed by atoms with van der Waals surface area (Å²) < 4.78 is 5.14. The summed E-state index contributed by atoms with van der Waals surface area (Å²) in [6.45, 7) is 0. The third-order valence-corrected chi connectivity index (χ3v) is 4.19. The van der Waals surface area contributed by atoms with Crippen molar-refractivity contribution in [3.8, 4) is 5.75 Å². The minimum Gasteiger partial charge on any atom is -0.497 e. The number of hydrogen-bond acceptors (Lipinski definition) is 3. The fourth-order valence-corrected chi connectivity index (χ4v) is 2.62. The van der Waals surface area contributed by atoms with E-state index in [1.54, 1.807) is 79.9 Å². The molecule has 0 aliphatic rings. The van der Waals surface area contributed by atoms with Crippen molar-refractivity contribution in [2.75, 3.05) is 17.7 Å². The van der Waals surface area contributed by atoms with Crippen LogP contribution in [0.1, 0.15) is 20.7 Å². The summed E-state index contributed by atoms with van der Waals surface area (Å²) in [6, 6.07) is 20.4. The summed E-state index contributed by atoms with van der Waals surface area (Å²) in [5.74, 6) is 0.0727. The number of anilines is 2. The van der Waals surface area contributed by atoms with Gasteiger partial charge in [0, 0.05) is 22.9 Å². The smallest absolute Gasteiger partial charge is 0.255 e. The van der Waals surface area contributed by atoms with Crippen molar-refractivity contribution in [3.05, 3.63) is 88.9 Å². The van der Waals surface area contributed by atoms with Gasteiger partial charge in [0.25, 0.3) is 11.8 Å². The number of ether oxygens (including phenoxy) is 1. The highest BCUT2D eigenvalue weighted by Crippen LogP contribution is 2.21. The van der Waals surface area contributed by atoms with Gasteiger partial charge in [-0.3, -0.25) is 9.59 Å². The van der Waals surface area contributed by atoms with Crippen molar-refractivity contribution in [2.45, 2.75) is 0 Å². The van der Waals surface area contributed by atoms with E-state index >= 15 is 0 Å². The van der Waals surface area contributed by atoms with E-state index in [0.717, 1.165) is 0 Å². The number of carbonyl (C=O) groups is 2. The van der Waals surface area contributed by atoms with E-state index in [-0.39, 0.29) is 11.8 Å². The number of methoxy groups -OCH3 is 1. The first-order chi connectivity index (χ1) is 13.1. The summed E-state index contributed by atoms with van der Waals surface area (Å²) in [7, 11) is 1.56. The van der Waals surface area contributed by atoms with Gasteiger partial charge in [-0.15, -0.1) is 0 Å². The maximum atomic E-state index is 12.4. The number of hydrogen-bond donors (Lipinski definition) is 2. The Morgan fingerprint density at radius 2 is 1.44 bits per heavy atom. The molecule has 6 heteroatoms. The van der Waals surface area contributed by atoms with E-state index in [2.05, 4.69) is 10.6 Å².